The Morgan fingerprint density at radius 2 is 1.84 bits per heavy atom. The second-order valence-electron chi connectivity index (χ2n) is 3.81. The van der Waals surface area contributed by atoms with Gasteiger partial charge in [0.15, 0.2) is 0 Å². The van der Waals surface area contributed by atoms with Gasteiger partial charge in [-0.1, -0.05) is 37.3 Å². The lowest BCUT2D eigenvalue weighted by molar-refractivity contribution is -0.150. The molecule has 1 N–H and O–H groups in total. The minimum Gasteiger partial charge on any atom is -0.480 e. The van der Waals surface area contributed by atoms with Crippen molar-refractivity contribution in [2.24, 2.45) is 0 Å². The van der Waals surface area contributed by atoms with Crippen LogP contribution in [0.4, 0.5) is 0 Å². The summed E-state index contributed by atoms with van der Waals surface area (Å²) in [7, 11) is 0. The molecule has 0 aromatic heterocycles. The molecule has 2 amide bonds. The zero-order valence-corrected chi connectivity index (χ0v) is 10.6. The molecule has 0 aliphatic carbocycles. The third-order valence-corrected chi connectivity index (χ3v) is 2.38. The number of hydrogen-bond acceptors (Lipinski definition) is 3. The van der Waals surface area contributed by atoms with Gasteiger partial charge in [-0.05, 0) is 11.6 Å². The van der Waals surface area contributed by atoms with Crippen molar-refractivity contribution >= 4 is 23.9 Å². The van der Waals surface area contributed by atoms with Gasteiger partial charge in [0.05, 0.1) is 0 Å². The average molecular weight is 261 g/mol. The standard InChI is InChI=1S/C14H15NO4/c1-2-12(16)15(10-14(18)19)13(17)9-8-11-6-4-3-5-7-11/h3-9H,2,10H2,1H3,(H,18,19)/b9-8+. The quantitative estimate of drug-likeness (QED) is 0.816. The maximum Gasteiger partial charge on any atom is 0.323 e. The van der Waals surface area contributed by atoms with E-state index in [1.165, 1.54) is 6.08 Å². The van der Waals surface area contributed by atoms with Gasteiger partial charge in [0.2, 0.25) is 5.91 Å². The number of carboxylic acids is 1. The smallest absolute Gasteiger partial charge is 0.323 e. The molecule has 1 aromatic carbocycles. The molecule has 0 saturated heterocycles. The zero-order chi connectivity index (χ0) is 14.3. The predicted molar refractivity (Wildman–Crippen MR) is 70.1 cm³/mol. The van der Waals surface area contributed by atoms with Gasteiger partial charge in [0.1, 0.15) is 6.54 Å². The summed E-state index contributed by atoms with van der Waals surface area (Å²) < 4.78 is 0. The Hall–Kier alpha value is -2.43. The Bertz CT molecular complexity index is 493. The first-order chi connectivity index (χ1) is 9.04. The summed E-state index contributed by atoms with van der Waals surface area (Å²) >= 11 is 0. The van der Waals surface area contributed by atoms with Crippen molar-refractivity contribution in [3.8, 4) is 0 Å². The highest BCUT2D eigenvalue weighted by Crippen LogP contribution is 2.03. The maximum atomic E-state index is 11.8. The Balaban J connectivity index is 2.80. The number of carbonyl (C=O) groups excluding carboxylic acids is 2. The van der Waals surface area contributed by atoms with Crippen molar-refractivity contribution in [2.45, 2.75) is 13.3 Å². The monoisotopic (exact) mass is 261 g/mol. The molecule has 0 radical (unpaired) electrons. The van der Waals surface area contributed by atoms with Crippen molar-refractivity contribution in [2.75, 3.05) is 6.54 Å². The first-order valence-corrected chi connectivity index (χ1v) is 5.84. The fraction of sp³-hybridized carbons (Fsp3) is 0.214. The largest absolute Gasteiger partial charge is 0.480 e. The second kappa shape index (κ2) is 7.10. The van der Waals surface area contributed by atoms with Gasteiger partial charge in [-0.2, -0.15) is 0 Å². The number of carbonyl (C=O) groups is 3. The molecule has 19 heavy (non-hydrogen) atoms. The second-order valence-corrected chi connectivity index (χ2v) is 3.81. The molecule has 5 heteroatoms. The van der Waals surface area contributed by atoms with Gasteiger partial charge in [-0.25, -0.2) is 0 Å². The number of imide groups is 1. The molecule has 5 nitrogen and oxygen atoms in total. The fourth-order valence-electron chi connectivity index (χ4n) is 1.44. The first kappa shape index (κ1) is 14.6. The normalized spacial score (nSPS) is 10.4. The maximum absolute atomic E-state index is 11.8. The van der Waals surface area contributed by atoms with E-state index in [-0.39, 0.29) is 6.42 Å². The minimum absolute atomic E-state index is 0.0815. The number of benzene rings is 1. The number of amides is 2. The number of nitrogens with zero attached hydrogens (tertiary/aromatic N) is 1. The van der Waals surface area contributed by atoms with Crippen LogP contribution < -0.4 is 0 Å². The van der Waals surface area contributed by atoms with Crippen molar-refractivity contribution < 1.29 is 19.5 Å². The highest BCUT2D eigenvalue weighted by atomic mass is 16.4. The van der Waals surface area contributed by atoms with Crippen LogP contribution in [0.25, 0.3) is 6.08 Å². The molecule has 0 unspecified atom stereocenters. The Morgan fingerprint density at radius 1 is 1.21 bits per heavy atom. The molecular weight excluding hydrogens is 246 g/mol. The van der Waals surface area contributed by atoms with Gasteiger partial charge >= 0.3 is 5.97 Å². The van der Waals surface area contributed by atoms with Crippen LogP contribution in [-0.4, -0.2) is 34.3 Å². The summed E-state index contributed by atoms with van der Waals surface area (Å²) in [6, 6.07) is 9.07. The Morgan fingerprint density at radius 3 is 2.37 bits per heavy atom. The first-order valence-electron chi connectivity index (χ1n) is 5.84. The summed E-state index contributed by atoms with van der Waals surface area (Å²) in [5, 5.41) is 8.69. The van der Waals surface area contributed by atoms with E-state index in [1.807, 2.05) is 18.2 Å². The van der Waals surface area contributed by atoms with Gasteiger partial charge < -0.3 is 5.11 Å². The van der Waals surface area contributed by atoms with E-state index in [0.29, 0.717) is 0 Å². The SMILES string of the molecule is CCC(=O)N(CC(=O)O)C(=O)/C=C/c1ccccc1. The third-order valence-electron chi connectivity index (χ3n) is 2.38. The van der Waals surface area contributed by atoms with Crippen LogP contribution in [-0.2, 0) is 14.4 Å². The van der Waals surface area contributed by atoms with E-state index >= 15 is 0 Å². The van der Waals surface area contributed by atoms with Gasteiger partial charge in [-0.3, -0.25) is 19.3 Å². The molecule has 0 bridgehead atoms. The Labute approximate surface area is 111 Å². The van der Waals surface area contributed by atoms with E-state index in [9.17, 15) is 14.4 Å². The lowest BCUT2D eigenvalue weighted by atomic mass is 10.2. The van der Waals surface area contributed by atoms with Gasteiger partial charge in [0, 0.05) is 12.5 Å². The molecule has 0 fully saturated rings. The number of carboxylic acid groups (broad SMARTS) is 1. The van der Waals surface area contributed by atoms with Crippen LogP contribution in [0, 0.1) is 0 Å². The number of hydrogen-bond donors (Lipinski definition) is 1. The molecule has 1 aromatic rings. The summed E-state index contributed by atoms with van der Waals surface area (Å²) in [6.07, 6.45) is 2.82. The Kier molecular flexibility index (Phi) is 5.47. The predicted octanol–water partition coefficient (Wildman–Crippen LogP) is 1.55. The summed E-state index contributed by atoms with van der Waals surface area (Å²) in [4.78, 5) is 34.7. The molecule has 100 valence electrons. The average Bonchev–Trinajstić information content (AvgIpc) is 2.42. The molecule has 0 aliphatic rings. The minimum atomic E-state index is -1.22. The van der Waals surface area contributed by atoms with Gasteiger partial charge in [-0.15, -0.1) is 0 Å². The topological polar surface area (TPSA) is 74.7 Å². The van der Waals surface area contributed by atoms with Gasteiger partial charge in [0.25, 0.3) is 5.91 Å². The molecule has 0 saturated carbocycles. The summed E-state index contributed by atoms with van der Waals surface area (Å²) in [5.74, 6) is -2.36. The van der Waals surface area contributed by atoms with E-state index < -0.39 is 24.3 Å². The van der Waals surface area contributed by atoms with Crippen LogP contribution in [0.5, 0.6) is 0 Å². The van der Waals surface area contributed by atoms with Crippen LogP contribution in [0.15, 0.2) is 36.4 Å². The van der Waals surface area contributed by atoms with Crippen molar-refractivity contribution in [1.29, 1.82) is 0 Å². The van der Waals surface area contributed by atoms with Crippen LogP contribution in [0.1, 0.15) is 18.9 Å². The summed E-state index contributed by atoms with van der Waals surface area (Å²) in [5.41, 5.74) is 0.801. The summed E-state index contributed by atoms with van der Waals surface area (Å²) in [6.45, 7) is 0.954. The van der Waals surface area contributed by atoms with E-state index in [0.717, 1.165) is 10.5 Å². The van der Waals surface area contributed by atoms with E-state index in [1.54, 1.807) is 25.1 Å². The van der Waals surface area contributed by atoms with Crippen LogP contribution >= 0.6 is 0 Å². The lowest BCUT2D eigenvalue weighted by Gasteiger charge is -2.15. The van der Waals surface area contributed by atoms with E-state index in [4.69, 9.17) is 5.11 Å². The van der Waals surface area contributed by atoms with Crippen molar-refractivity contribution in [3.63, 3.8) is 0 Å². The molecule has 0 aliphatic heterocycles. The van der Waals surface area contributed by atoms with Crippen LogP contribution in [0.2, 0.25) is 0 Å². The highest BCUT2D eigenvalue weighted by molar-refractivity contribution is 6.04. The van der Waals surface area contributed by atoms with E-state index in [2.05, 4.69) is 0 Å². The highest BCUT2D eigenvalue weighted by Gasteiger charge is 2.20. The van der Waals surface area contributed by atoms with Crippen molar-refractivity contribution in [1.82, 2.24) is 4.90 Å². The van der Waals surface area contributed by atoms with Crippen LogP contribution in [0.3, 0.4) is 0 Å². The lowest BCUT2D eigenvalue weighted by Crippen LogP contribution is -2.39. The zero-order valence-electron chi connectivity index (χ0n) is 10.6. The van der Waals surface area contributed by atoms with Crippen molar-refractivity contribution in [3.05, 3.63) is 42.0 Å². The fourth-order valence-corrected chi connectivity index (χ4v) is 1.44. The molecule has 1 rings (SSSR count). The molecule has 0 atom stereocenters. The third kappa shape index (κ3) is 4.75. The molecule has 0 heterocycles. The number of rotatable bonds is 5. The molecular formula is C14H15NO4. The number of aliphatic carboxylic acids is 1. The molecule has 0 spiro atoms.